The molecule has 0 unspecified atom stereocenters. The summed E-state index contributed by atoms with van der Waals surface area (Å²) >= 11 is 0. The number of benzene rings is 2. The van der Waals surface area contributed by atoms with E-state index in [4.69, 9.17) is 18.9 Å². The maximum Gasteiger partial charge on any atom is 0.229 e. The van der Waals surface area contributed by atoms with Gasteiger partial charge < -0.3 is 29.2 Å². The van der Waals surface area contributed by atoms with E-state index >= 15 is 0 Å². The van der Waals surface area contributed by atoms with Gasteiger partial charge in [0.15, 0.2) is 0 Å². The maximum atomic E-state index is 13.3. The van der Waals surface area contributed by atoms with Crippen molar-refractivity contribution in [2.24, 2.45) is 10.8 Å². The van der Waals surface area contributed by atoms with Crippen molar-refractivity contribution in [1.82, 2.24) is 5.32 Å². The molecule has 0 fully saturated rings. The molecule has 0 bridgehead atoms. The van der Waals surface area contributed by atoms with E-state index < -0.39 is 0 Å². The summed E-state index contributed by atoms with van der Waals surface area (Å²) in [5.41, 5.74) is 3.76. The van der Waals surface area contributed by atoms with Crippen molar-refractivity contribution >= 4 is 29.7 Å². The largest absolute Gasteiger partial charge is 0.382 e. The van der Waals surface area contributed by atoms with Crippen LogP contribution >= 0.6 is 0 Å². The predicted molar refractivity (Wildman–Crippen MR) is 167 cm³/mol. The Bertz CT molecular complexity index is 1180. The van der Waals surface area contributed by atoms with Gasteiger partial charge in [-0.3, -0.25) is 9.59 Å². The van der Waals surface area contributed by atoms with Crippen LogP contribution in [0.25, 0.3) is 12.2 Å². The highest BCUT2D eigenvalue weighted by atomic mass is 16.5. The molecule has 8 heteroatoms. The number of methoxy groups -OCH3 is 1. The Labute approximate surface area is 251 Å². The van der Waals surface area contributed by atoms with Crippen LogP contribution in [0.2, 0.25) is 0 Å². The summed E-state index contributed by atoms with van der Waals surface area (Å²) < 4.78 is 22.4. The standard InChI is InChI=1S/C34H48N2O6/c1-33(2,25-42-26-34(3,4)24-41-21-20-39-5)23-40-19-17-31(37)35-18-16-32(38)36-22-29-12-7-6-10-27(29)14-15-28-11-8-9-13-30(28)36/h6-15H,16-26H2,1-5H3,(H,35,37)/b15-14-. The minimum atomic E-state index is -0.188. The lowest BCUT2D eigenvalue weighted by Crippen LogP contribution is -2.35. The van der Waals surface area contributed by atoms with Crippen LogP contribution in [-0.2, 0) is 35.1 Å². The molecule has 2 aromatic carbocycles. The molecule has 2 amide bonds. The maximum absolute atomic E-state index is 13.3. The molecule has 2 aromatic rings. The van der Waals surface area contributed by atoms with Gasteiger partial charge in [0.2, 0.25) is 11.8 Å². The molecule has 3 rings (SSSR count). The Morgan fingerprint density at radius 2 is 1.36 bits per heavy atom. The number of carbonyl (C=O) groups excluding carboxylic acids is 2. The number of anilines is 1. The van der Waals surface area contributed by atoms with Gasteiger partial charge in [-0.2, -0.15) is 0 Å². The molecular formula is C34H48N2O6. The van der Waals surface area contributed by atoms with Crippen molar-refractivity contribution in [2.45, 2.75) is 47.1 Å². The van der Waals surface area contributed by atoms with E-state index in [1.165, 1.54) is 0 Å². The Morgan fingerprint density at radius 3 is 2.07 bits per heavy atom. The lowest BCUT2D eigenvalue weighted by Gasteiger charge is -2.29. The van der Waals surface area contributed by atoms with Gasteiger partial charge in [-0.25, -0.2) is 0 Å². The second-order valence-electron chi connectivity index (χ2n) is 12.3. The van der Waals surface area contributed by atoms with Gasteiger partial charge in [-0.05, 0) is 22.8 Å². The average Bonchev–Trinajstić information content (AvgIpc) is 2.94. The fourth-order valence-electron chi connectivity index (χ4n) is 4.60. The van der Waals surface area contributed by atoms with Crippen LogP contribution in [0.4, 0.5) is 5.69 Å². The van der Waals surface area contributed by atoms with E-state index in [0.717, 1.165) is 22.4 Å². The fourth-order valence-corrected chi connectivity index (χ4v) is 4.60. The van der Waals surface area contributed by atoms with E-state index in [1.54, 1.807) is 7.11 Å². The first-order valence-corrected chi connectivity index (χ1v) is 14.7. The molecule has 0 radical (unpaired) electrons. The second kappa shape index (κ2) is 16.6. The molecule has 1 aliphatic rings. The number of nitrogens with zero attached hydrogens (tertiary/aromatic N) is 1. The van der Waals surface area contributed by atoms with Crippen LogP contribution in [0.15, 0.2) is 48.5 Å². The van der Waals surface area contributed by atoms with E-state index in [0.29, 0.717) is 52.8 Å². The van der Waals surface area contributed by atoms with Crippen molar-refractivity contribution in [3.63, 3.8) is 0 Å². The minimum Gasteiger partial charge on any atom is -0.382 e. The number of rotatable bonds is 17. The molecule has 0 spiro atoms. The lowest BCUT2D eigenvalue weighted by atomic mass is 9.94. The van der Waals surface area contributed by atoms with Crippen molar-refractivity contribution in [3.8, 4) is 0 Å². The van der Waals surface area contributed by atoms with Crippen molar-refractivity contribution in [2.75, 3.05) is 64.8 Å². The number of nitrogens with one attached hydrogen (secondary N) is 1. The fraction of sp³-hybridized carbons (Fsp3) is 0.529. The summed E-state index contributed by atoms with van der Waals surface area (Å²) in [6.07, 6.45) is 4.59. The first-order valence-electron chi connectivity index (χ1n) is 14.7. The summed E-state index contributed by atoms with van der Waals surface area (Å²) in [4.78, 5) is 27.6. The summed E-state index contributed by atoms with van der Waals surface area (Å²) in [5.74, 6) is -0.163. The Balaban J connectivity index is 1.36. The number of fused-ring (bicyclic) bond motifs is 2. The van der Waals surface area contributed by atoms with Gasteiger partial charge in [-0.15, -0.1) is 0 Å². The van der Waals surface area contributed by atoms with Gasteiger partial charge in [-0.1, -0.05) is 82.3 Å². The van der Waals surface area contributed by atoms with Gasteiger partial charge in [0.25, 0.3) is 0 Å². The first kappa shape index (κ1) is 33.5. The van der Waals surface area contributed by atoms with Gasteiger partial charge >= 0.3 is 0 Å². The van der Waals surface area contributed by atoms with Gasteiger partial charge in [0, 0.05) is 37.3 Å². The SMILES string of the molecule is COCCOCC(C)(C)COCC(C)(C)COCCC(=O)NCCC(=O)N1Cc2ccccc2/C=C\c2ccccc21. The Morgan fingerprint density at radius 1 is 0.762 bits per heavy atom. The highest BCUT2D eigenvalue weighted by molar-refractivity contribution is 5.97. The topological polar surface area (TPSA) is 86.3 Å². The predicted octanol–water partition coefficient (Wildman–Crippen LogP) is 5.35. The molecule has 0 atom stereocenters. The molecule has 1 N–H and O–H groups in total. The number of hydrogen-bond donors (Lipinski definition) is 1. The van der Waals surface area contributed by atoms with Crippen LogP contribution in [0.5, 0.6) is 0 Å². The third kappa shape index (κ3) is 11.3. The lowest BCUT2D eigenvalue weighted by molar-refractivity contribution is -0.123. The van der Waals surface area contributed by atoms with Crippen molar-refractivity contribution < 1.29 is 28.5 Å². The summed E-state index contributed by atoms with van der Waals surface area (Å²) in [6.45, 7) is 12.8. The average molecular weight is 581 g/mol. The highest BCUT2D eigenvalue weighted by Gasteiger charge is 2.24. The molecule has 0 saturated heterocycles. The number of para-hydroxylation sites is 1. The molecule has 8 nitrogen and oxygen atoms in total. The zero-order valence-corrected chi connectivity index (χ0v) is 25.9. The van der Waals surface area contributed by atoms with E-state index in [9.17, 15) is 9.59 Å². The molecule has 1 heterocycles. The number of carbonyl (C=O) groups is 2. The normalized spacial score (nSPS) is 14.0. The van der Waals surface area contributed by atoms with Crippen LogP contribution < -0.4 is 10.2 Å². The van der Waals surface area contributed by atoms with Crippen molar-refractivity contribution in [3.05, 3.63) is 65.2 Å². The molecule has 42 heavy (non-hydrogen) atoms. The summed E-state index contributed by atoms with van der Waals surface area (Å²) in [7, 11) is 1.66. The molecule has 230 valence electrons. The Hall–Kier alpha value is -3.04. The molecule has 0 saturated carbocycles. The molecule has 0 aliphatic carbocycles. The zero-order chi connectivity index (χ0) is 30.4. The van der Waals surface area contributed by atoms with Crippen LogP contribution in [0.3, 0.4) is 0 Å². The molecular weight excluding hydrogens is 532 g/mol. The third-order valence-corrected chi connectivity index (χ3v) is 6.89. The van der Waals surface area contributed by atoms with Crippen LogP contribution in [-0.4, -0.2) is 71.7 Å². The quantitative estimate of drug-likeness (QED) is 0.254. The Kier molecular flexibility index (Phi) is 13.2. The van der Waals surface area contributed by atoms with Crippen LogP contribution in [0.1, 0.15) is 57.2 Å². The van der Waals surface area contributed by atoms with Gasteiger partial charge in [0.05, 0.1) is 58.5 Å². The van der Waals surface area contributed by atoms with E-state index in [-0.39, 0.29) is 42.0 Å². The van der Waals surface area contributed by atoms with E-state index in [1.807, 2.05) is 53.4 Å². The zero-order valence-electron chi connectivity index (χ0n) is 25.9. The minimum absolute atomic E-state index is 0.0319. The molecule has 1 aliphatic heterocycles. The summed E-state index contributed by atoms with van der Waals surface area (Å²) in [5, 5.41) is 2.87. The summed E-state index contributed by atoms with van der Waals surface area (Å²) in [6, 6.07) is 16.0. The van der Waals surface area contributed by atoms with Crippen molar-refractivity contribution in [1.29, 1.82) is 0 Å². The molecule has 0 aromatic heterocycles. The van der Waals surface area contributed by atoms with Crippen LogP contribution in [0, 0.1) is 10.8 Å². The first-order chi connectivity index (χ1) is 20.1. The van der Waals surface area contributed by atoms with E-state index in [2.05, 4.69) is 45.2 Å². The second-order valence-corrected chi connectivity index (χ2v) is 12.3. The number of amides is 2. The number of ether oxygens (including phenoxy) is 4. The highest BCUT2D eigenvalue weighted by Crippen LogP contribution is 2.29. The number of hydrogen-bond acceptors (Lipinski definition) is 6. The monoisotopic (exact) mass is 580 g/mol. The van der Waals surface area contributed by atoms with Gasteiger partial charge in [0.1, 0.15) is 0 Å². The third-order valence-electron chi connectivity index (χ3n) is 6.89. The smallest absolute Gasteiger partial charge is 0.229 e.